The molecule has 0 bridgehead atoms. The molecule has 2 N–H and O–H groups in total. The molecular formula is C25H31ClN4O2. The smallest absolute Gasteiger partial charge is 0.256 e. The summed E-state index contributed by atoms with van der Waals surface area (Å²) >= 11 is 6.53. The minimum atomic E-state index is -0.0369. The molecule has 32 heavy (non-hydrogen) atoms. The van der Waals surface area contributed by atoms with Crippen LogP contribution in [0.15, 0.2) is 36.7 Å². The fraction of sp³-hybridized carbons (Fsp3) is 0.480. The minimum Gasteiger partial charge on any atom is -0.356 e. The van der Waals surface area contributed by atoms with E-state index in [0.717, 1.165) is 61.9 Å². The van der Waals surface area contributed by atoms with Crippen LogP contribution < -0.4 is 10.6 Å². The second kappa shape index (κ2) is 10.5. The molecule has 1 aliphatic carbocycles. The summed E-state index contributed by atoms with van der Waals surface area (Å²) in [6, 6.07) is 8.18. The molecule has 2 fully saturated rings. The molecule has 2 heterocycles. The van der Waals surface area contributed by atoms with Gasteiger partial charge in [-0.25, -0.2) is 0 Å². The van der Waals surface area contributed by atoms with E-state index in [1.54, 1.807) is 12.4 Å². The SMILES string of the molecule is CC(=O)NCCc1ccc(Cl)c(CN(C(=O)c2cnccc2C2CCCNC2)C2CC2)c1. The quantitative estimate of drug-likeness (QED) is 0.638. The Kier molecular flexibility index (Phi) is 7.43. The highest BCUT2D eigenvalue weighted by atomic mass is 35.5. The van der Waals surface area contributed by atoms with Crippen LogP contribution in [-0.2, 0) is 17.8 Å². The lowest BCUT2D eigenvalue weighted by atomic mass is 9.89. The van der Waals surface area contributed by atoms with Crippen LogP contribution in [0.5, 0.6) is 0 Å². The molecule has 170 valence electrons. The van der Waals surface area contributed by atoms with Crippen LogP contribution in [0, 0.1) is 0 Å². The molecule has 2 amide bonds. The number of aromatic nitrogens is 1. The molecule has 0 spiro atoms. The van der Waals surface area contributed by atoms with E-state index in [0.29, 0.717) is 29.6 Å². The molecule has 1 atom stereocenters. The second-order valence-corrected chi connectivity index (χ2v) is 9.24. The summed E-state index contributed by atoms with van der Waals surface area (Å²) in [6.07, 6.45) is 8.49. The van der Waals surface area contributed by atoms with Crippen LogP contribution >= 0.6 is 11.6 Å². The molecule has 2 aliphatic rings. The van der Waals surface area contributed by atoms with Crippen LogP contribution in [0.1, 0.15) is 65.6 Å². The summed E-state index contributed by atoms with van der Waals surface area (Å²) in [5, 5.41) is 6.94. The van der Waals surface area contributed by atoms with Gasteiger partial charge in [0, 0.05) is 50.0 Å². The van der Waals surface area contributed by atoms with Gasteiger partial charge in [0.05, 0.1) is 5.56 Å². The third-order valence-electron chi connectivity index (χ3n) is 6.31. The van der Waals surface area contributed by atoms with Gasteiger partial charge in [0.15, 0.2) is 0 Å². The fourth-order valence-electron chi connectivity index (χ4n) is 4.44. The summed E-state index contributed by atoms with van der Waals surface area (Å²) in [4.78, 5) is 31.1. The fourth-order valence-corrected chi connectivity index (χ4v) is 4.61. The second-order valence-electron chi connectivity index (χ2n) is 8.83. The number of nitrogens with zero attached hydrogens (tertiary/aromatic N) is 2. The summed E-state index contributed by atoms with van der Waals surface area (Å²) < 4.78 is 0. The first-order valence-electron chi connectivity index (χ1n) is 11.5. The van der Waals surface area contributed by atoms with E-state index < -0.39 is 0 Å². The number of amides is 2. The van der Waals surface area contributed by atoms with Gasteiger partial charge >= 0.3 is 0 Å². The van der Waals surface area contributed by atoms with Crippen molar-refractivity contribution in [3.8, 4) is 0 Å². The number of piperidine rings is 1. The topological polar surface area (TPSA) is 74.3 Å². The number of carbonyl (C=O) groups excluding carboxylic acids is 2. The van der Waals surface area contributed by atoms with Crippen LogP contribution in [0.25, 0.3) is 0 Å². The number of halogens is 1. The zero-order valence-corrected chi connectivity index (χ0v) is 19.3. The van der Waals surface area contributed by atoms with E-state index in [1.807, 2.05) is 23.1 Å². The van der Waals surface area contributed by atoms with Crippen LogP contribution in [0.4, 0.5) is 0 Å². The lowest BCUT2D eigenvalue weighted by Crippen LogP contribution is -2.35. The normalized spacial score (nSPS) is 18.2. The predicted molar refractivity (Wildman–Crippen MR) is 126 cm³/mol. The maximum atomic E-state index is 13.7. The Labute approximate surface area is 194 Å². The lowest BCUT2D eigenvalue weighted by Gasteiger charge is -2.28. The van der Waals surface area contributed by atoms with Gasteiger partial charge in [-0.2, -0.15) is 0 Å². The van der Waals surface area contributed by atoms with Gasteiger partial charge in [-0.15, -0.1) is 0 Å². The highest BCUT2D eigenvalue weighted by Crippen LogP contribution is 2.33. The molecule has 1 aromatic carbocycles. The van der Waals surface area contributed by atoms with Crippen LogP contribution in [-0.4, -0.2) is 47.4 Å². The number of hydrogen-bond acceptors (Lipinski definition) is 4. The van der Waals surface area contributed by atoms with Crippen molar-refractivity contribution in [2.75, 3.05) is 19.6 Å². The van der Waals surface area contributed by atoms with E-state index in [4.69, 9.17) is 11.6 Å². The predicted octanol–water partition coefficient (Wildman–Crippen LogP) is 3.69. The molecular weight excluding hydrogens is 424 g/mol. The van der Waals surface area contributed by atoms with Gasteiger partial charge in [-0.05, 0) is 73.4 Å². The Morgan fingerprint density at radius 3 is 2.81 bits per heavy atom. The van der Waals surface area contributed by atoms with E-state index in [1.165, 1.54) is 6.92 Å². The highest BCUT2D eigenvalue weighted by molar-refractivity contribution is 6.31. The Morgan fingerprint density at radius 2 is 2.09 bits per heavy atom. The van der Waals surface area contributed by atoms with Crippen molar-refractivity contribution in [1.29, 1.82) is 0 Å². The van der Waals surface area contributed by atoms with Crippen molar-refractivity contribution in [2.45, 2.75) is 57.5 Å². The number of pyridine rings is 1. The number of rotatable bonds is 8. The monoisotopic (exact) mass is 454 g/mol. The van der Waals surface area contributed by atoms with Gasteiger partial charge in [0.25, 0.3) is 5.91 Å². The molecule has 6 nitrogen and oxygen atoms in total. The standard InChI is InChI=1S/C25H31ClN4O2/c1-17(31)29-12-8-18-4-7-24(26)20(13-18)16-30(21-5-6-21)25(32)23-15-28-11-9-22(23)19-3-2-10-27-14-19/h4,7,9,11,13,15,19,21,27H,2-3,5-6,8,10,12,14,16H2,1H3,(H,29,31). The zero-order chi connectivity index (χ0) is 22.5. The van der Waals surface area contributed by atoms with E-state index in [-0.39, 0.29) is 17.9 Å². The van der Waals surface area contributed by atoms with Crippen molar-refractivity contribution < 1.29 is 9.59 Å². The van der Waals surface area contributed by atoms with Gasteiger partial charge < -0.3 is 15.5 Å². The van der Waals surface area contributed by atoms with Gasteiger partial charge in [-0.1, -0.05) is 23.7 Å². The molecule has 1 saturated carbocycles. The Hall–Kier alpha value is -2.44. The van der Waals surface area contributed by atoms with Crippen molar-refractivity contribution in [2.24, 2.45) is 0 Å². The van der Waals surface area contributed by atoms with Crippen molar-refractivity contribution >= 4 is 23.4 Å². The van der Waals surface area contributed by atoms with Crippen LogP contribution in [0.2, 0.25) is 5.02 Å². The molecule has 1 aliphatic heterocycles. The average molecular weight is 455 g/mol. The first kappa shape index (κ1) is 22.7. The average Bonchev–Trinajstić information content (AvgIpc) is 3.64. The molecule has 2 aromatic rings. The molecule has 4 rings (SSSR count). The number of carbonyl (C=O) groups is 2. The third-order valence-corrected chi connectivity index (χ3v) is 6.68. The first-order chi connectivity index (χ1) is 15.5. The van der Waals surface area contributed by atoms with Gasteiger partial charge in [-0.3, -0.25) is 14.6 Å². The maximum absolute atomic E-state index is 13.7. The van der Waals surface area contributed by atoms with Crippen molar-refractivity contribution in [1.82, 2.24) is 20.5 Å². The van der Waals surface area contributed by atoms with Crippen LogP contribution in [0.3, 0.4) is 0 Å². The molecule has 1 aromatic heterocycles. The number of nitrogens with one attached hydrogen (secondary N) is 2. The first-order valence-corrected chi connectivity index (χ1v) is 11.9. The van der Waals surface area contributed by atoms with Gasteiger partial charge in [0.1, 0.15) is 0 Å². The molecule has 7 heteroatoms. The third kappa shape index (κ3) is 5.67. The van der Waals surface area contributed by atoms with E-state index in [9.17, 15) is 9.59 Å². The number of benzene rings is 1. The van der Waals surface area contributed by atoms with Crippen molar-refractivity contribution in [3.63, 3.8) is 0 Å². The Morgan fingerprint density at radius 1 is 1.25 bits per heavy atom. The minimum absolute atomic E-state index is 0.0369. The molecule has 1 saturated heterocycles. The lowest BCUT2D eigenvalue weighted by molar-refractivity contribution is -0.118. The van der Waals surface area contributed by atoms with Crippen molar-refractivity contribution in [3.05, 3.63) is 63.9 Å². The summed E-state index contributed by atoms with van der Waals surface area (Å²) in [7, 11) is 0. The maximum Gasteiger partial charge on any atom is 0.256 e. The molecule has 1 unspecified atom stereocenters. The molecule has 0 radical (unpaired) electrons. The number of hydrogen-bond donors (Lipinski definition) is 2. The Bertz CT molecular complexity index is 970. The van der Waals surface area contributed by atoms with E-state index >= 15 is 0 Å². The Balaban J connectivity index is 1.54. The zero-order valence-electron chi connectivity index (χ0n) is 18.6. The van der Waals surface area contributed by atoms with Gasteiger partial charge in [0.2, 0.25) is 5.91 Å². The summed E-state index contributed by atoms with van der Waals surface area (Å²) in [6.45, 7) is 4.51. The largest absolute Gasteiger partial charge is 0.356 e. The highest BCUT2D eigenvalue weighted by Gasteiger charge is 2.35. The summed E-state index contributed by atoms with van der Waals surface area (Å²) in [5.74, 6) is 0.346. The summed E-state index contributed by atoms with van der Waals surface area (Å²) in [5.41, 5.74) is 3.85. The van der Waals surface area contributed by atoms with E-state index in [2.05, 4.69) is 21.7 Å².